The first-order chi connectivity index (χ1) is 18.3. The van der Waals surface area contributed by atoms with Crippen LogP contribution >= 0.6 is 0 Å². The van der Waals surface area contributed by atoms with Crippen molar-refractivity contribution in [1.29, 1.82) is 0 Å². The maximum atomic E-state index is 13.3. The molecule has 1 unspecified atom stereocenters. The van der Waals surface area contributed by atoms with Crippen LogP contribution in [0.15, 0.2) is 71.2 Å². The van der Waals surface area contributed by atoms with Crippen LogP contribution < -0.4 is 19.8 Å². The van der Waals surface area contributed by atoms with Crippen molar-refractivity contribution in [1.82, 2.24) is 4.98 Å². The van der Waals surface area contributed by atoms with Gasteiger partial charge in [-0.15, -0.1) is 0 Å². The predicted molar refractivity (Wildman–Crippen MR) is 143 cm³/mol. The molecule has 1 N–H and O–H groups in total. The van der Waals surface area contributed by atoms with Gasteiger partial charge in [-0.05, 0) is 58.8 Å². The van der Waals surface area contributed by atoms with Crippen LogP contribution in [0.5, 0.6) is 17.2 Å². The van der Waals surface area contributed by atoms with Crippen LogP contribution in [0, 0.1) is 0 Å². The molecule has 1 aromatic heterocycles. The lowest BCUT2D eigenvalue weighted by Crippen LogP contribution is -2.26. The summed E-state index contributed by atoms with van der Waals surface area (Å²) in [6.07, 6.45) is 1.65. The fraction of sp³-hybridized carbons (Fsp3) is 0.194. The van der Waals surface area contributed by atoms with Crippen molar-refractivity contribution < 1.29 is 23.8 Å². The molecule has 38 heavy (non-hydrogen) atoms. The first kappa shape index (κ1) is 23.7. The third-order valence-corrected chi connectivity index (χ3v) is 7.14. The van der Waals surface area contributed by atoms with Crippen molar-refractivity contribution in [3.8, 4) is 17.2 Å². The molecule has 0 fully saturated rings. The summed E-state index contributed by atoms with van der Waals surface area (Å²) < 4.78 is 16.9. The molecule has 6 rings (SSSR count). The zero-order valence-corrected chi connectivity index (χ0v) is 21.2. The van der Waals surface area contributed by atoms with Crippen LogP contribution in [-0.2, 0) is 4.79 Å². The lowest BCUT2D eigenvalue weighted by atomic mass is 9.85. The molecule has 3 aromatic carbocycles. The summed E-state index contributed by atoms with van der Waals surface area (Å²) in [5.41, 5.74) is 3.61. The molecule has 0 radical (unpaired) electrons. The van der Waals surface area contributed by atoms with Gasteiger partial charge in [0.2, 0.25) is 5.78 Å². The number of aromatic amines is 1. The Bertz CT molecular complexity index is 1710. The fourth-order valence-corrected chi connectivity index (χ4v) is 5.08. The standard InChI is InChI=1S/C31H25NO6/c1-16(2)18-6-4-17(5-7-18)12-26-29(34)21-10-11-25-28(30(21)38-26)22(15-27(33)37-25)23-13-19-8-9-20(36-3)14-24(19)32-31(23)35/h4-14,16,22H,15H2,1-3H3,(H,32,35)/b26-12-. The first-order valence-corrected chi connectivity index (χ1v) is 12.4. The molecule has 0 saturated heterocycles. The van der Waals surface area contributed by atoms with Crippen molar-refractivity contribution in [3.63, 3.8) is 0 Å². The van der Waals surface area contributed by atoms with Crippen LogP contribution in [0.3, 0.4) is 0 Å². The molecule has 0 spiro atoms. The van der Waals surface area contributed by atoms with E-state index in [2.05, 4.69) is 18.8 Å². The second kappa shape index (κ2) is 9.03. The Morgan fingerprint density at radius 1 is 0.974 bits per heavy atom. The number of Topliss-reactive ketones (excluding diaryl/α,β-unsaturated/α-hetero) is 1. The lowest BCUT2D eigenvalue weighted by Gasteiger charge is -2.26. The van der Waals surface area contributed by atoms with Crippen molar-refractivity contribution in [2.24, 2.45) is 0 Å². The van der Waals surface area contributed by atoms with E-state index in [1.807, 2.05) is 30.3 Å². The summed E-state index contributed by atoms with van der Waals surface area (Å²) in [4.78, 5) is 42.0. The number of rotatable bonds is 4. The number of ether oxygens (including phenoxy) is 3. The molecule has 2 aliphatic heterocycles. The van der Waals surface area contributed by atoms with Crippen molar-refractivity contribution in [2.75, 3.05) is 7.11 Å². The summed E-state index contributed by atoms with van der Waals surface area (Å²) in [6.45, 7) is 4.25. The second-order valence-corrected chi connectivity index (χ2v) is 9.85. The maximum Gasteiger partial charge on any atom is 0.312 e. The number of ketones is 1. The molecule has 190 valence electrons. The molecule has 7 heteroatoms. The highest BCUT2D eigenvalue weighted by molar-refractivity contribution is 6.15. The zero-order chi connectivity index (χ0) is 26.6. The Balaban J connectivity index is 1.44. The first-order valence-electron chi connectivity index (χ1n) is 12.4. The average molecular weight is 508 g/mol. The molecule has 0 saturated carbocycles. The number of fused-ring (bicyclic) bond motifs is 4. The van der Waals surface area contributed by atoms with Crippen molar-refractivity contribution in [3.05, 3.63) is 105 Å². The van der Waals surface area contributed by atoms with E-state index in [1.165, 1.54) is 5.56 Å². The number of benzene rings is 3. The van der Waals surface area contributed by atoms with Gasteiger partial charge < -0.3 is 19.2 Å². The molecule has 0 aliphatic carbocycles. The van der Waals surface area contributed by atoms with Gasteiger partial charge in [0.05, 0.1) is 24.6 Å². The molecule has 3 heterocycles. The van der Waals surface area contributed by atoms with Crippen LogP contribution in [0.2, 0.25) is 0 Å². The molecule has 0 amide bonds. The van der Waals surface area contributed by atoms with Gasteiger partial charge in [-0.3, -0.25) is 14.4 Å². The SMILES string of the molecule is COc1ccc2cc(C3CC(=O)Oc4ccc5c(c43)O/C(=C\c3ccc(C(C)C)cc3)C5=O)c(=O)[nH]c2c1. The molecular formula is C31H25NO6. The van der Waals surface area contributed by atoms with Gasteiger partial charge in [0.1, 0.15) is 17.2 Å². The maximum absolute atomic E-state index is 13.3. The lowest BCUT2D eigenvalue weighted by molar-refractivity contribution is -0.135. The van der Waals surface area contributed by atoms with Crippen LogP contribution in [0.4, 0.5) is 0 Å². The van der Waals surface area contributed by atoms with E-state index in [0.717, 1.165) is 10.9 Å². The minimum atomic E-state index is -0.645. The van der Waals surface area contributed by atoms with Crippen LogP contribution in [0.1, 0.15) is 64.7 Å². The van der Waals surface area contributed by atoms with E-state index < -0.39 is 11.9 Å². The third kappa shape index (κ3) is 3.96. The number of hydrogen-bond donors (Lipinski definition) is 1. The van der Waals surface area contributed by atoms with Crippen molar-refractivity contribution >= 4 is 28.7 Å². The highest BCUT2D eigenvalue weighted by atomic mass is 16.5. The Labute approximate surface area is 218 Å². The van der Waals surface area contributed by atoms with Crippen LogP contribution in [-0.4, -0.2) is 23.8 Å². The van der Waals surface area contributed by atoms with E-state index in [4.69, 9.17) is 14.2 Å². The minimum Gasteiger partial charge on any atom is -0.497 e. The number of nitrogens with one attached hydrogen (secondary N) is 1. The second-order valence-electron chi connectivity index (χ2n) is 9.85. The van der Waals surface area contributed by atoms with Gasteiger partial charge in [-0.1, -0.05) is 38.1 Å². The largest absolute Gasteiger partial charge is 0.497 e. The topological polar surface area (TPSA) is 94.7 Å². The highest BCUT2D eigenvalue weighted by Gasteiger charge is 2.39. The number of esters is 1. The van der Waals surface area contributed by atoms with Gasteiger partial charge in [-0.25, -0.2) is 0 Å². The summed E-state index contributed by atoms with van der Waals surface area (Å²) in [5.74, 6) is 0.453. The quantitative estimate of drug-likeness (QED) is 0.216. The van der Waals surface area contributed by atoms with E-state index in [9.17, 15) is 14.4 Å². The van der Waals surface area contributed by atoms with Gasteiger partial charge in [0.25, 0.3) is 5.56 Å². The van der Waals surface area contributed by atoms with E-state index >= 15 is 0 Å². The molecule has 7 nitrogen and oxygen atoms in total. The number of pyridine rings is 1. The minimum absolute atomic E-state index is 0.0541. The third-order valence-electron chi connectivity index (χ3n) is 7.14. The number of carbonyl (C=O) groups excluding carboxylic acids is 2. The number of hydrogen-bond acceptors (Lipinski definition) is 6. The number of allylic oxidation sites excluding steroid dienone is 1. The Hall–Kier alpha value is -4.65. The molecule has 0 bridgehead atoms. The monoisotopic (exact) mass is 507 g/mol. The fourth-order valence-electron chi connectivity index (χ4n) is 5.08. The van der Waals surface area contributed by atoms with Gasteiger partial charge in [0, 0.05) is 23.1 Å². The average Bonchev–Trinajstić information content (AvgIpc) is 3.22. The molecule has 1 atom stereocenters. The Kier molecular flexibility index (Phi) is 5.64. The summed E-state index contributed by atoms with van der Waals surface area (Å²) in [7, 11) is 1.56. The smallest absolute Gasteiger partial charge is 0.312 e. The zero-order valence-electron chi connectivity index (χ0n) is 21.2. The van der Waals surface area contributed by atoms with E-state index in [-0.39, 0.29) is 29.3 Å². The number of methoxy groups -OCH3 is 1. The number of carbonyl (C=O) groups is 2. The number of aromatic nitrogens is 1. The van der Waals surface area contributed by atoms with E-state index in [1.54, 1.807) is 43.5 Å². The Morgan fingerprint density at radius 2 is 1.76 bits per heavy atom. The summed E-state index contributed by atoms with van der Waals surface area (Å²) in [6, 6.07) is 18.3. The molecule has 4 aromatic rings. The van der Waals surface area contributed by atoms with E-state index in [0.29, 0.717) is 39.6 Å². The van der Waals surface area contributed by atoms with Crippen LogP contribution in [0.25, 0.3) is 17.0 Å². The summed E-state index contributed by atoms with van der Waals surface area (Å²) in [5, 5.41) is 0.788. The predicted octanol–water partition coefficient (Wildman–Crippen LogP) is 5.72. The molecular weight excluding hydrogens is 482 g/mol. The Morgan fingerprint density at radius 3 is 2.50 bits per heavy atom. The van der Waals surface area contributed by atoms with Gasteiger partial charge in [0.15, 0.2) is 5.76 Å². The number of H-pyrrole nitrogens is 1. The summed E-state index contributed by atoms with van der Waals surface area (Å²) >= 11 is 0. The normalized spacial score (nSPS) is 17.4. The van der Waals surface area contributed by atoms with Gasteiger partial charge in [-0.2, -0.15) is 0 Å². The highest BCUT2D eigenvalue weighted by Crippen LogP contribution is 2.48. The molecule has 2 aliphatic rings. The van der Waals surface area contributed by atoms with Crippen molar-refractivity contribution in [2.45, 2.75) is 32.1 Å². The van der Waals surface area contributed by atoms with Gasteiger partial charge >= 0.3 is 5.97 Å².